The molecule has 0 spiro atoms. The van der Waals surface area contributed by atoms with Gasteiger partial charge < -0.3 is 24.6 Å². The van der Waals surface area contributed by atoms with Gasteiger partial charge in [0.15, 0.2) is 6.29 Å². The van der Waals surface area contributed by atoms with Gasteiger partial charge in [0.25, 0.3) is 5.91 Å². The second-order valence-corrected chi connectivity index (χ2v) is 8.63. The molecule has 10 heteroatoms. The maximum Gasteiger partial charge on any atom is 0.274 e. The number of halogens is 1. The van der Waals surface area contributed by atoms with Gasteiger partial charge in [0.05, 0.1) is 30.1 Å². The monoisotopic (exact) mass is 534 g/mol. The van der Waals surface area contributed by atoms with Gasteiger partial charge in [0.2, 0.25) is 5.88 Å². The second-order valence-electron chi connectivity index (χ2n) is 8.26. The van der Waals surface area contributed by atoms with E-state index in [1.165, 1.54) is 21.3 Å². The summed E-state index contributed by atoms with van der Waals surface area (Å²) in [5.41, 5.74) is 5.41. The van der Waals surface area contributed by atoms with Crippen molar-refractivity contribution in [1.82, 2.24) is 15.0 Å². The summed E-state index contributed by atoms with van der Waals surface area (Å²) in [6.07, 6.45) is 2.63. The minimum absolute atomic E-state index is 0.190. The molecule has 0 aliphatic carbocycles. The van der Waals surface area contributed by atoms with Crippen LogP contribution in [-0.2, 0) is 16.1 Å². The number of nitrogens with one attached hydrogen (secondary N) is 1. The first-order valence-corrected chi connectivity index (χ1v) is 12.0. The number of aliphatic hydroxyl groups is 1. The molecule has 4 aromatic rings. The zero-order chi connectivity index (χ0) is 27.2. The molecule has 0 bridgehead atoms. The van der Waals surface area contributed by atoms with Crippen molar-refractivity contribution in [2.45, 2.75) is 19.8 Å². The number of pyridine rings is 3. The van der Waals surface area contributed by atoms with Crippen molar-refractivity contribution in [3.8, 4) is 28.4 Å². The fraction of sp³-hybridized carbons (Fsp3) is 0.214. The van der Waals surface area contributed by atoms with Gasteiger partial charge >= 0.3 is 0 Å². The molecule has 0 saturated heterocycles. The first-order chi connectivity index (χ1) is 18.4. The highest BCUT2D eigenvalue weighted by Gasteiger charge is 2.18. The van der Waals surface area contributed by atoms with Gasteiger partial charge in [0.1, 0.15) is 5.69 Å². The Balaban J connectivity index is 1.63. The van der Waals surface area contributed by atoms with Crippen LogP contribution in [0.15, 0.2) is 60.9 Å². The highest BCUT2D eigenvalue weighted by molar-refractivity contribution is 6.35. The second kappa shape index (κ2) is 12.1. The highest BCUT2D eigenvalue weighted by atomic mass is 35.5. The van der Waals surface area contributed by atoms with Crippen molar-refractivity contribution in [1.29, 1.82) is 0 Å². The predicted molar refractivity (Wildman–Crippen MR) is 144 cm³/mol. The molecule has 4 rings (SSSR count). The lowest BCUT2D eigenvalue weighted by Crippen LogP contribution is -2.15. The van der Waals surface area contributed by atoms with E-state index < -0.39 is 6.29 Å². The Bertz CT molecular complexity index is 1440. The molecule has 196 valence electrons. The number of hydrogen-bond acceptors (Lipinski definition) is 8. The maximum atomic E-state index is 12.9. The molecule has 0 radical (unpaired) electrons. The number of rotatable bonds is 9. The van der Waals surface area contributed by atoms with Crippen LogP contribution < -0.4 is 10.1 Å². The Kier molecular flexibility index (Phi) is 8.65. The number of carbonyl (C=O) groups is 1. The van der Waals surface area contributed by atoms with Crippen molar-refractivity contribution < 1.29 is 24.1 Å². The van der Waals surface area contributed by atoms with Gasteiger partial charge in [-0.05, 0) is 42.8 Å². The molecular weight excluding hydrogens is 508 g/mol. The molecule has 0 unspecified atom stereocenters. The maximum absolute atomic E-state index is 12.9. The summed E-state index contributed by atoms with van der Waals surface area (Å²) < 4.78 is 15.7. The molecule has 1 amide bonds. The van der Waals surface area contributed by atoms with Crippen LogP contribution in [0.5, 0.6) is 5.88 Å². The number of ether oxygens (including phenoxy) is 3. The lowest BCUT2D eigenvalue weighted by molar-refractivity contribution is -0.106. The van der Waals surface area contributed by atoms with E-state index in [2.05, 4.69) is 20.3 Å². The van der Waals surface area contributed by atoms with Crippen LogP contribution in [-0.4, -0.2) is 47.3 Å². The summed E-state index contributed by atoms with van der Waals surface area (Å²) >= 11 is 6.83. The fourth-order valence-corrected chi connectivity index (χ4v) is 4.32. The van der Waals surface area contributed by atoms with Gasteiger partial charge in [0, 0.05) is 54.6 Å². The summed E-state index contributed by atoms with van der Waals surface area (Å²) in [6, 6.07) is 14.1. The van der Waals surface area contributed by atoms with Crippen molar-refractivity contribution >= 4 is 23.2 Å². The van der Waals surface area contributed by atoms with Crippen LogP contribution in [0.1, 0.15) is 33.5 Å². The summed E-state index contributed by atoms with van der Waals surface area (Å²) in [4.78, 5) is 26.2. The van der Waals surface area contributed by atoms with Gasteiger partial charge in [-0.25, -0.2) is 4.98 Å². The first kappa shape index (κ1) is 27.2. The van der Waals surface area contributed by atoms with Crippen molar-refractivity contribution in [3.05, 3.63) is 88.3 Å². The lowest BCUT2D eigenvalue weighted by atomic mass is 10.0. The summed E-state index contributed by atoms with van der Waals surface area (Å²) in [5.74, 6) is -0.0434. The third-order valence-electron chi connectivity index (χ3n) is 6.02. The Morgan fingerprint density at radius 2 is 1.82 bits per heavy atom. The lowest BCUT2D eigenvalue weighted by Gasteiger charge is -2.15. The molecule has 3 aromatic heterocycles. The molecule has 0 atom stereocenters. The number of anilines is 1. The number of amides is 1. The third-order valence-corrected chi connectivity index (χ3v) is 6.41. The minimum Gasteiger partial charge on any atom is -0.481 e. The normalized spacial score (nSPS) is 11.0. The van der Waals surface area contributed by atoms with Gasteiger partial charge in [-0.15, -0.1) is 0 Å². The fourth-order valence-electron chi connectivity index (χ4n) is 4.01. The molecule has 0 aliphatic rings. The number of methoxy groups -OCH3 is 3. The van der Waals surface area contributed by atoms with E-state index in [-0.39, 0.29) is 18.2 Å². The Labute approximate surface area is 225 Å². The Morgan fingerprint density at radius 1 is 1.03 bits per heavy atom. The molecule has 3 heterocycles. The predicted octanol–water partition coefficient (Wildman–Crippen LogP) is 5.21. The molecule has 2 N–H and O–H groups in total. The van der Waals surface area contributed by atoms with Crippen LogP contribution in [0.2, 0.25) is 5.02 Å². The Morgan fingerprint density at radius 3 is 2.47 bits per heavy atom. The number of nitrogens with zero attached hydrogens (tertiary/aromatic N) is 3. The smallest absolute Gasteiger partial charge is 0.274 e. The van der Waals surface area contributed by atoms with Gasteiger partial charge in [-0.2, -0.15) is 0 Å². The number of benzene rings is 1. The van der Waals surface area contributed by atoms with Crippen molar-refractivity contribution in [3.63, 3.8) is 0 Å². The zero-order valence-corrected chi connectivity index (χ0v) is 22.1. The van der Waals surface area contributed by atoms with E-state index in [4.69, 9.17) is 25.8 Å². The number of hydrogen-bond donors (Lipinski definition) is 2. The first-order valence-electron chi connectivity index (χ1n) is 11.6. The van der Waals surface area contributed by atoms with Gasteiger partial charge in [-0.1, -0.05) is 29.8 Å². The molecule has 0 saturated carbocycles. The Hall–Kier alpha value is -3.89. The standard InChI is InChI=1S/C28H27ClN4O5/c1-16-19(25-24(29)20(12-13-30-25)22-10-9-18(15-34)27(33-22)36-2)6-5-7-21(16)32-26(35)23-11-8-17(14-31-23)28(37-3)38-4/h5-14,28,34H,15H2,1-4H3,(H,32,35). The van der Waals surface area contributed by atoms with Crippen molar-refractivity contribution in [2.24, 2.45) is 0 Å². The average molecular weight is 535 g/mol. The summed E-state index contributed by atoms with van der Waals surface area (Å²) in [6.45, 7) is 1.69. The van der Waals surface area contributed by atoms with Crippen LogP contribution in [0.4, 0.5) is 5.69 Å². The molecule has 0 aliphatic heterocycles. The molecule has 1 aromatic carbocycles. The minimum atomic E-state index is -0.560. The van der Waals surface area contributed by atoms with Crippen LogP contribution in [0.25, 0.3) is 22.5 Å². The number of aliphatic hydroxyl groups excluding tert-OH is 1. The molecule has 38 heavy (non-hydrogen) atoms. The van der Waals surface area contributed by atoms with Crippen LogP contribution in [0.3, 0.4) is 0 Å². The highest BCUT2D eigenvalue weighted by Crippen LogP contribution is 2.38. The molecular formula is C28H27ClN4O5. The van der Waals surface area contributed by atoms with Gasteiger partial charge in [-0.3, -0.25) is 14.8 Å². The van der Waals surface area contributed by atoms with Crippen molar-refractivity contribution in [2.75, 3.05) is 26.6 Å². The topological polar surface area (TPSA) is 116 Å². The SMILES string of the molecule is COc1nc(-c2ccnc(-c3cccc(NC(=O)c4ccc(C(OC)OC)cn4)c3C)c2Cl)ccc1CO. The van der Waals surface area contributed by atoms with Crippen LogP contribution >= 0.6 is 11.6 Å². The summed E-state index contributed by atoms with van der Waals surface area (Å²) in [7, 11) is 4.55. The van der Waals surface area contributed by atoms with E-state index in [1.54, 1.807) is 48.8 Å². The van der Waals surface area contributed by atoms with E-state index in [1.807, 2.05) is 19.1 Å². The average Bonchev–Trinajstić information content (AvgIpc) is 2.95. The summed E-state index contributed by atoms with van der Waals surface area (Å²) in [5, 5.41) is 12.8. The van der Waals surface area contributed by atoms with E-state index in [9.17, 15) is 9.90 Å². The third kappa shape index (κ3) is 5.51. The number of carbonyl (C=O) groups excluding carboxylic acids is 1. The van der Waals surface area contributed by atoms with E-state index >= 15 is 0 Å². The van der Waals surface area contributed by atoms with E-state index in [0.717, 1.165) is 11.1 Å². The van der Waals surface area contributed by atoms with E-state index in [0.29, 0.717) is 44.7 Å². The number of aromatic nitrogens is 3. The molecule has 9 nitrogen and oxygen atoms in total. The van der Waals surface area contributed by atoms with Crippen LogP contribution in [0, 0.1) is 6.92 Å². The quantitative estimate of drug-likeness (QED) is 0.281. The molecule has 0 fully saturated rings. The zero-order valence-electron chi connectivity index (χ0n) is 21.4. The largest absolute Gasteiger partial charge is 0.481 e.